The summed E-state index contributed by atoms with van der Waals surface area (Å²) in [6, 6.07) is 9.06. The van der Waals surface area contributed by atoms with Crippen LogP contribution in [0.2, 0.25) is 0 Å². The molecule has 2 rings (SSSR count). The van der Waals surface area contributed by atoms with Crippen molar-refractivity contribution in [2.75, 3.05) is 7.11 Å². The largest absolute Gasteiger partial charge is 0.469 e. The fraction of sp³-hybridized carbons (Fsp3) is 0.348. The summed E-state index contributed by atoms with van der Waals surface area (Å²) >= 11 is 0. The highest BCUT2D eigenvalue weighted by molar-refractivity contribution is 5.78. The summed E-state index contributed by atoms with van der Waals surface area (Å²) in [4.78, 5) is 11.2. The average Bonchev–Trinajstić information content (AvgIpc) is 2.62. The summed E-state index contributed by atoms with van der Waals surface area (Å²) in [7, 11) is 1.25. The van der Waals surface area contributed by atoms with Gasteiger partial charge in [0.1, 0.15) is 5.82 Å². The van der Waals surface area contributed by atoms with E-state index in [0.29, 0.717) is 5.56 Å². The van der Waals surface area contributed by atoms with Gasteiger partial charge in [0.25, 0.3) is 0 Å². The molecule has 0 radical (unpaired) electrons. The molecule has 0 aliphatic carbocycles. The van der Waals surface area contributed by atoms with Gasteiger partial charge in [-0.15, -0.1) is 0 Å². The SMILES string of the molecule is COC(=O)C[C@H](O)C[C@H](O)/C=C/c1c(C)cc(C)cc1-c1ccc(F)c(C)c1. The number of ether oxygens (including phenoxy) is 1. The number of halogens is 1. The molecule has 4 nitrogen and oxygen atoms in total. The smallest absolute Gasteiger partial charge is 0.308 e. The van der Waals surface area contributed by atoms with Crippen LogP contribution in [0, 0.1) is 26.6 Å². The van der Waals surface area contributed by atoms with Crippen LogP contribution < -0.4 is 0 Å². The predicted molar refractivity (Wildman–Crippen MR) is 108 cm³/mol. The number of carbonyl (C=O) groups excluding carboxylic acids is 1. The van der Waals surface area contributed by atoms with Gasteiger partial charge < -0.3 is 14.9 Å². The van der Waals surface area contributed by atoms with Crippen molar-refractivity contribution >= 4 is 12.0 Å². The van der Waals surface area contributed by atoms with Crippen molar-refractivity contribution < 1.29 is 24.1 Å². The Morgan fingerprint density at radius 3 is 2.50 bits per heavy atom. The molecule has 0 spiro atoms. The van der Waals surface area contributed by atoms with Crippen LogP contribution in [0.5, 0.6) is 0 Å². The first kappa shape index (κ1) is 21.8. The third-order valence-electron chi connectivity index (χ3n) is 4.63. The second-order valence-electron chi connectivity index (χ2n) is 7.10. The molecule has 0 aliphatic heterocycles. The quantitative estimate of drug-likeness (QED) is 0.703. The van der Waals surface area contributed by atoms with Gasteiger partial charge in [-0.2, -0.15) is 0 Å². The Labute approximate surface area is 165 Å². The van der Waals surface area contributed by atoms with Crippen LogP contribution in [0.15, 0.2) is 36.4 Å². The lowest BCUT2D eigenvalue weighted by Gasteiger charge is -2.14. The van der Waals surface area contributed by atoms with Crippen LogP contribution in [0.1, 0.15) is 35.1 Å². The number of aryl methyl sites for hydroxylation is 3. The predicted octanol–water partition coefficient (Wildman–Crippen LogP) is 4.11. The summed E-state index contributed by atoms with van der Waals surface area (Å²) in [5.41, 5.74) is 5.43. The van der Waals surface area contributed by atoms with Crippen LogP contribution in [0.25, 0.3) is 17.2 Å². The highest BCUT2D eigenvalue weighted by Crippen LogP contribution is 2.30. The monoisotopic (exact) mass is 386 g/mol. The third-order valence-corrected chi connectivity index (χ3v) is 4.63. The second-order valence-corrected chi connectivity index (χ2v) is 7.10. The van der Waals surface area contributed by atoms with E-state index in [-0.39, 0.29) is 18.7 Å². The fourth-order valence-electron chi connectivity index (χ4n) is 3.17. The maximum atomic E-state index is 13.7. The molecule has 0 amide bonds. The molecule has 0 saturated carbocycles. The fourth-order valence-corrected chi connectivity index (χ4v) is 3.17. The van der Waals surface area contributed by atoms with Crippen LogP contribution in [0.4, 0.5) is 4.39 Å². The molecule has 0 aromatic heterocycles. The Kier molecular flexibility index (Phi) is 7.49. The zero-order chi connectivity index (χ0) is 20.8. The zero-order valence-corrected chi connectivity index (χ0v) is 16.7. The molecule has 0 fully saturated rings. The molecule has 0 saturated heterocycles. The number of carbonyl (C=O) groups is 1. The molecule has 0 aliphatic rings. The van der Waals surface area contributed by atoms with Crippen molar-refractivity contribution in [3.8, 4) is 11.1 Å². The highest BCUT2D eigenvalue weighted by Gasteiger charge is 2.15. The first-order valence-electron chi connectivity index (χ1n) is 9.20. The van der Waals surface area contributed by atoms with Crippen LogP contribution in [0.3, 0.4) is 0 Å². The van der Waals surface area contributed by atoms with E-state index in [9.17, 15) is 19.4 Å². The van der Waals surface area contributed by atoms with Gasteiger partial charge in [0.2, 0.25) is 0 Å². The minimum Gasteiger partial charge on any atom is -0.469 e. The molecule has 5 heteroatoms. The Hall–Kier alpha value is -2.50. The first-order valence-corrected chi connectivity index (χ1v) is 9.20. The number of rotatable bonds is 7. The van der Waals surface area contributed by atoms with Crippen molar-refractivity contribution in [1.29, 1.82) is 0 Å². The van der Waals surface area contributed by atoms with Crippen molar-refractivity contribution in [2.24, 2.45) is 0 Å². The van der Waals surface area contributed by atoms with E-state index in [1.165, 1.54) is 13.2 Å². The van der Waals surface area contributed by atoms with Gasteiger partial charge >= 0.3 is 5.97 Å². The van der Waals surface area contributed by atoms with Gasteiger partial charge in [-0.25, -0.2) is 4.39 Å². The molecule has 28 heavy (non-hydrogen) atoms. The number of hydrogen-bond acceptors (Lipinski definition) is 4. The third kappa shape index (κ3) is 5.75. The van der Waals surface area contributed by atoms with Gasteiger partial charge in [-0.05, 0) is 60.7 Å². The molecular weight excluding hydrogens is 359 g/mol. The van der Waals surface area contributed by atoms with Gasteiger partial charge in [0.15, 0.2) is 0 Å². The van der Waals surface area contributed by atoms with Gasteiger partial charge in [0, 0.05) is 6.42 Å². The van der Waals surface area contributed by atoms with Gasteiger partial charge in [-0.1, -0.05) is 35.9 Å². The van der Waals surface area contributed by atoms with Crippen LogP contribution in [-0.4, -0.2) is 35.5 Å². The summed E-state index contributed by atoms with van der Waals surface area (Å²) < 4.78 is 18.2. The maximum Gasteiger partial charge on any atom is 0.308 e. The van der Waals surface area contributed by atoms with Gasteiger partial charge in [0.05, 0.1) is 25.7 Å². The molecular formula is C23H27FO4. The van der Waals surface area contributed by atoms with E-state index in [0.717, 1.165) is 27.8 Å². The summed E-state index contributed by atoms with van der Waals surface area (Å²) in [5, 5.41) is 20.1. The molecule has 2 aromatic rings. The summed E-state index contributed by atoms with van der Waals surface area (Å²) in [6.07, 6.45) is 1.37. The van der Waals surface area contributed by atoms with E-state index in [2.05, 4.69) is 4.74 Å². The summed E-state index contributed by atoms with van der Waals surface area (Å²) in [6.45, 7) is 5.70. The van der Waals surface area contributed by atoms with Gasteiger partial charge in [-0.3, -0.25) is 4.79 Å². The normalized spacial score (nSPS) is 13.5. The lowest BCUT2D eigenvalue weighted by Crippen LogP contribution is -2.20. The average molecular weight is 386 g/mol. The van der Waals surface area contributed by atoms with Crippen molar-refractivity contribution in [3.05, 3.63) is 64.5 Å². The Bertz CT molecular complexity index is 873. The number of aliphatic hydroxyl groups is 2. The number of methoxy groups -OCH3 is 1. The summed E-state index contributed by atoms with van der Waals surface area (Å²) in [5.74, 6) is -0.771. The molecule has 0 unspecified atom stereocenters. The van der Waals surface area contributed by atoms with E-state index in [4.69, 9.17) is 0 Å². The standard InChI is InChI=1S/C23H27FO4/c1-14-9-15(2)20(7-6-18(25)12-19(26)13-23(27)28-4)21(10-14)17-5-8-22(24)16(3)11-17/h5-11,18-19,25-26H,12-13H2,1-4H3/b7-6+/t18-,19-/m1/s1. The number of aliphatic hydroxyl groups excluding tert-OH is 2. The Balaban J connectivity index is 2.28. The number of benzene rings is 2. The van der Waals surface area contributed by atoms with E-state index < -0.39 is 18.2 Å². The van der Waals surface area contributed by atoms with E-state index in [1.807, 2.05) is 26.0 Å². The lowest BCUT2D eigenvalue weighted by atomic mass is 9.92. The first-order chi connectivity index (χ1) is 13.2. The Morgan fingerprint density at radius 2 is 1.86 bits per heavy atom. The zero-order valence-electron chi connectivity index (χ0n) is 16.7. The molecule has 2 N–H and O–H groups in total. The highest BCUT2D eigenvalue weighted by atomic mass is 19.1. The molecule has 150 valence electrons. The van der Waals surface area contributed by atoms with E-state index in [1.54, 1.807) is 31.2 Å². The van der Waals surface area contributed by atoms with Crippen molar-refractivity contribution in [2.45, 2.75) is 45.8 Å². The lowest BCUT2D eigenvalue weighted by molar-refractivity contribution is -0.143. The Morgan fingerprint density at radius 1 is 1.14 bits per heavy atom. The maximum absolute atomic E-state index is 13.7. The van der Waals surface area contributed by atoms with Crippen molar-refractivity contribution in [3.63, 3.8) is 0 Å². The minimum atomic E-state index is -0.981. The van der Waals surface area contributed by atoms with Crippen molar-refractivity contribution in [1.82, 2.24) is 0 Å². The number of esters is 1. The number of hydrogen-bond donors (Lipinski definition) is 2. The van der Waals surface area contributed by atoms with E-state index >= 15 is 0 Å². The van der Waals surface area contributed by atoms with Crippen LogP contribution in [-0.2, 0) is 9.53 Å². The molecule has 2 aromatic carbocycles. The minimum absolute atomic E-state index is 0.0293. The topological polar surface area (TPSA) is 66.8 Å². The molecule has 0 heterocycles. The van der Waals surface area contributed by atoms with Crippen LogP contribution >= 0.6 is 0 Å². The molecule has 0 bridgehead atoms. The second kappa shape index (κ2) is 9.62. The molecule has 2 atom stereocenters.